The Morgan fingerprint density at radius 1 is 0.833 bits per heavy atom. The Kier molecular flexibility index (Phi) is 5.97. The molecule has 0 unspecified atom stereocenters. The van der Waals surface area contributed by atoms with Gasteiger partial charge in [0.2, 0.25) is 0 Å². The number of halogens is 1. The topological polar surface area (TPSA) is 99.8 Å². The van der Waals surface area contributed by atoms with Crippen molar-refractivity contribution in [2.45, 2.75) is 10.6 Å². The first-order chi connectivity index (χ1) is 14.6. The van der Waals surface area contributed by atoms with Crippen LogP contribution in [0.25, 0.3) is 11.0 Å². The van der Waals surface area contributed by atoms with Crippen LogP contribution in [0.3, 0.4) is 0 Å². The highest BCUT2D eigenvalue weighted by atomic mass is 35.5. The fraction of sp³-hybridized carbons (Fsp3) is 0.0476. The zero-order valence-electron chi connectivity index (χ0n) is 15.6. The molecule has 30 heavy (non-hydrogen) atoms. The summed E-state index contributed by atoms with van der Waals surface area (Å²) in [5, 5.41) is 11.1. The van der Waals surface area contributed by atoms with E-state index in [1.54, 1.807) is 42.1 Å². The van der Waals surface area contributed by atoms with E-state index in [0.717, 1.165) is 16.2 Å². The van der Waals surface area contributed by atoms with E-state index in [1.165, 1.54) is 0 Å². The van der Waals surface area contributed by atoms with Crippen LogP contribution >= 0.6 is 23.4 Å². The average molecular weight is 438 g/mol. The molecule has 0 aliphatic rings. The second kappa shape index (κ2) is 8.98. The molecule has 0 saturated carbocycles. The molecule has 0 saturated heterocycles. The Hall–Kier alpha value is -3.36. The van der Waals surface area contributed by atoms with E-state index in [2.05, 4.69) is 26.3 Å². The highest BCUT2D eigenvalue weighted by Gasteiger charge is 2.11. The number of carbonyl (C=O) groups is 2. The van der Waals surface area contributed by atoms with Gasteiger partial charge in [0, 0.05) is 26.8 Å². The second-order valence-corrected chi connectivity index (χ2v) is 7.86. The van der Waals surface area contributed by atoms with Crippen molar-refractivity contribution >= 4 is 46.2 Å². The third kappa shape index (κ3) is 4.79. The summed E-state index contributed by atoms with van der Waals surface area (Å²) in [6.45, 7) is 0. The largest absolute Gasteiger partial charge is 0.269 e. The minimum Gasteiger partial charge on any atom is -0.267 e. The maximum Gasteiger partial charge on any atom is 0.269 e. The summed E-state index contributed by atoms with van der Waals surface area (Å²) in [5.41, 5.74) is 7.95. The van der Waals surface area contributed by atoms with Crippen molar-refractivity contribution in [2.75, 3.05) is 0 Å². The number of aromatic amines is 1. The van der Waals surface area contributed by atoms with Gasteiger partial charge >= 0.3 is 0 Å². The fourth-order valence-corrected chi connectivity index (χ4v) is 3.67. The zero-order valence-corrected chi connectivity index (χ0v) is 17.1. The highest BCUT2D eigenvalue weighted by molar-refractivity contribution is 7.98. The SMILES string of the molecule is O=C(NNC(=O)c1ccc2n[nH]nc2c1)c1ccc(CSc2ccc(Cl)cc2)cc1. The summed E-state index contributed by atoms with van der Waals surface area (Å²) in [5.74, 6) is -0.0721. The Labute approximate surface area is 181 Å². The number of hydrazine groups is 1. The summed E-state index contributed by atoms with van der Waals surface area (Å²) >= 11 is 7.58. The van der Waals surface area contributed by atoms with E-state index in [0.29, 0.717) is 27.2 Å². The molecule has 0 aliphatic heterocycles. The molecule has 3 aromatic carbocycles. The lowest BCUT2D eigenvalue weighted by molar-refractivity contribution is 0.0847. The molecule has 1 aromatic heterocycles. The van der Waals surface area contributed by atoms with Crippen LogP contribution in [-0.2, 0) is 5.75 Å². The fourth-order valence-electron chi connectivity index (χ4n) is 2.69. The minimum absolute atomic E-state index is 0.367. The lowest BCUT2D eigenvalue weighted by Gasteiger charge is -2.08. The van der Waals surface area contributed by atoms with Crippen LogP contribution in [0.5, 0.6) is 0 Å². The number of fused-ring (bicyclic) bond motifs is 1. The van der Waals surface area contributed by atoms with Gasteiger partial charge in [-0.25, -0.2) is 0 Å². The number of nitrogens with one attached hydrogen (secondary N) is 3. The zero-order chi connectivity index (χ0) is 20.9. The molecule has 150 valence electrons. The number of rotatable bonds is 5. The van der Waals surface area contributed by atoms with Gasteiger partial charge in [-0.3, -0.25) is 20.4 Å². The number of carbonyl (C=O) groups excluding carboxylic acids is 2. The number of nitrogens with zero attached hydrogens (tertiary/aromatic N) is 2. The van der Waals surface area contributed by atoms with Crippen molar-refractivity contribution in [1.29, 1.82) is 0 Å². The Bertz CT molecular complexity index is 1190. The van der Waals surface area contributed by atoms with E-state index in [9.17, 15) is 9.59 Å². The third-order valence-corrected chi connectivity index (χ3v) is 5.64. The molecule has 2 amide bonds. The third-order valence-electron chi connectivity index (χ3n) is 4.30. The predicted molar refractivity (Wildman–Crippen MR) is 116 cm³/mol. The molecular weight excluding hydrogens is 422 g/mol. The number of hydrogen-bond acceptors (Lipinski definition) is 5. The summed E-state index contributed by atoms with van der Waals surface area (Å²) in [6, 6.07) is 19.8. The van der Waals surface area contributed by atoms with Gasteiger partial charge in [0.15, 0.2) is 0 Å². The summed E-state index contributed by atoms with van der Waals surface area (Å²) in [6.07, 6.45) is 0. The smallest absolute Gasteiger partial charge is 0.267 e. The van der Waals surface area contributed by atoms with Crippen LogP contribution in [0, 0.1) is 0 Å². The first kappa shape index (κ1) is 19.9. The number of H-pyrrole nitrogens is 1. The first-order valence-corrected chi connectivity index (χ1v) is 10.3. The van der Waals surface area contributed by atoms with Crippen LogP contribution < -0.4 is 10.9 Å². The maximum absolute atomic E-state index is 12.3. The second-order valence-electron chi connectivity index (χ2n) is 6.37. The lowest BCUT2D eigenvalue weighted by atomic mass is 10.1. The number of amides is 2. The molecule has 0 radical (unpaired) electrons. The van der Waals surface area contributed by atoms with E-state index in [-0.39, 0.29) is 0 Å². The molecule has 0 bridgehead atoms. The van der Waals surface area contributed by atoms with Crippen molar-refractivity contribution in [2.24, 2.45) is 0 Å². The molecule has 4 aromatic rings. The number of aromatic nitrogens is 3. The average Bonchev–Trinajstić information content (AvgIpc) is 3.25. The van der Waals surface area contributed by atoms with E-state index < -0.39 is 11.8 Å². The summed E-state index contributed by atoms with van der Waals surface area (Å²) in [4.78, 5) is 25.7. The number of benzene rings is 3. The molecule has 0 aliphatic carbocycles. The lowest BCUT2D eigenvalue weighted by Crippen LogP contribution is -2.41. The monoisotopic (exact) mass is 437 g/mol. The highest BCUT2D eigenvalue weighted by Crippen LogP contribution is 2.24. The Balaban J connectivity index is 1.30. The first-order valence-electron chi connectivity index (χ1n) is 8.97. The minimum atomic E-state index is -0.441. The van der Waals surface area contributed by atoms with Crippen LogP contribution in [0.2, 0.25) is 5.02 Å². The predicted octanol–water partition coefficient (Wildman–Crippen LogP) is 3.98. The molecule has 7 nitrogen and oxygen atoms in total. The summed E-state index contributed by atoms with van der Waals surface area (Å²) in [7, 11) is 0. The van der Waals surface area contributed by atoms with Gasteiger partial charge in [0.1, 0.15) is 11.0 Å². The van der Waals surface area contributed by atoms with Crippen LogP contribution in [0.1, 0.15) is 26.3 Å². The van der Waals surface area contributed by atoms with Gasteiger partial charge < -0.3 is 0 Å². The molecule has 0 atom stereocenters. The van der Waals surface area contributed by atoms with Crippen molar-refractivity contribution in [3.05, 3.63) is 88.4 Å². The van der Waals surface area contributed by atoms with Gasteiger partial charge in [0.25, 0.3) is 11.8 Å². The van der Waals surface area contributed by atoms with Crippen molar-refractivity contribution in [3.8, 4) is 0 Å². The molecule has 0 fully saturated rings. The van der Waals surface area contributed by atoms with Gasteiger partial charge in [0.05, 0.1) is 0 Å². The van der Waals surface area contributed by atoms with Gasteiger partial charge in [-0.1, -0.05) is 23.7 Å². The van der Waals surface area contributed by atoms with Crippen molar-refractivity contribution in [1.82, 2.24) is 26.3 Å². The molecule has 1 heterocycles. The van der Waals surface area contributed by atoms with E-state index in [4.69, 9.17) is 11.6 Å². The molecule has 3 N–H and O–H groups in total. The molecule has 9 heteroatoms. The van der Waals surface area contributed by atoms with Crippen molar-refractivity contribution < 1.29 is 9.59 Å². The maximum atomic E-state index is 12.3. The molecule has 0 spiro atoms. The Morgan fingerprint density at radius 3 is 2.20 bits per heavy atom. The quantitative estimate of drug-likeness (QED) is 0.324. The standard InChI is InChI=1S/C21H16ClN5O2S/c22-16-6-8-17(9-7-16)30-12-13-1-3-14(4-2-13)20(28)25-26-21(29)15-5-10-18-19(11-15)24-27-23-18/h1-11H,12H2,(H,25,28)(H,26,29)(H,23,24,27). The van der Waals surface area contributed by atoms with Gasteiger partial charge in [-0.05, 0) is 60.2 Å². The van der Waals surface area contributed by atoms with Gasteiger partial charge in [-0.15, -0.1) is 11.8 Å². The number of thioether (sulfide) groups is 1. The summed E-state index contributed by atoms with van der Waals surface area (Å²) < 4.78 is 0. The van der Waals surface area contributed by atoms with Crippen LogP contribution in [0.4, 0.5) is 0 Å². The number of hydrogen-bond donors (Lipinski definition) is 3. The normalized spacial score (nSPS) is 10.7. The van der Waals surface area contributed by atoms with E-state index in [1.807, 2.05) is 36.4 Å². The van der Waals surface area contributed by atoms with Crippen molar-refractivity contribution in [3.63, 3.8) is 0 Å². The van der Waals surface area contributed by atoms with Gasteiger partial charge in [-0.2, -0.15) is 15.4 Å². The van der Waals surface area contributed by atoms with Crippen LogP contribution in [0.15, 0.2) is 71.6 Å². The molecular formula is C21H16ClN5O2S. The van der Waals surface area contributed by atoms with Crippen LogP contribution in [-0.4, -0.2) is 27.2 Å². The Morgan fingerprint density at radius 2 is 1.47 bits per heavy atom. The van der Waals surface area contributed by atoms with E-state index >= 15 is 0 Å². The molecule has 4 rings (SSSR count).